The molecule has 12 rings (SSSR count). The summed E-state index contributed by atoms with van der Waals surface area (Å²) >= 11 is 0. The van der Waals surface area contributed by atoms with Gasteiger partial charge in [-0.25, -0.2) is 0 Å². The zero-order chi connectivity index (χ0) is 38.9. The van der Waals surface area contributed by atoms with Crippen molar-refractivity contribution in [3.05, 3.63) is 224 Å². The lowest BCUT2D eigenvalue weighted by Gasteiger charge is -2.26. The van der Waals surface area contributed by atoms with Gasteiger partial charge in [0.1, 0.15) is 0 Å². The van der Waals surface area contributed by atoms with E-state index in [1.807, 2.05) is 0 Å². The molecule has 12 aromatic rings. The fraction of sp³-hybridized carbons (Fsp3) is 0. The van der Waals surface area contributed by atoms with E-state index in [1.54, 1.807) is 0 Å². The van der Waals surface area contributed by atoms with Crippen LogP contribution in [0, 0.1) is 0 Å². The van der Waals surface area contributed by atoms with Crippen molar-refractivity contribution in [1.29, 1.82) is 0 Å². The van der Waals surface area contributed by atoms with E-state index in [4.69, 9.17) is 0 Å². The topological polar surface area (TPSA) is 13.1 Å². The van der Waals surface area contributed by atoms with E-state index in [-0.39, 0.29) is 0 Å². The van der Waals surface area contributed by atoms with Crippen LogP contribution in [0.1, 0.15) is 0 Å². The van der Waals surface area contributed by atoms with Crippen LogP contribution in [-0.2, 0) is 0 Å². The van der Waals surface area contributed by atoms with Crippen LogP contribution < -0.4 is 4.90 Å². The van der Waals surface area contributed by atoms with Gasteiger partial charge in [-0.05, 0) is 124 Å². The third-order valence-electron chi connectivity index (χ3n) is 12.1. The Kier molecular flexibility index (Phi) is 7.54. The van der Waals surface area contributed by atoms with Crippen LogP contribution >= 0.6 is 0 Å². The van der Waals surface area contributed by atoms with Gasteiger partial charge >= 0.3 is 0 Å². The molecule has 0 atom stereocenters. The first-order valence-electron chi connectivity index (χ1n) is 20.3. The first-order chi connectivity index (χ1) is 29.3. The first-order valence-corrected chi connectivity index (χ1v) is 20.3. The molecule has 0 N–H and O–H groups in total. The van der Waals surface area contributed by atoms with Gasteiger partial charge in [-0.1, -0.05) is 133 Å². The summed E-state index contributed by atoms with van der Waals surface area (Å²) in [5.41, 5.74) is 12.7. The molecule has 0 saturated heterocycles. The van der Waals surface area contributed by atoms with Gasteiger partial charge in [0.25, 0.3) is 0 Å². The van der Waals surface area contributed by atoms with Crippen LogP contribution in [0.25, 0.3) is 87.7 Å². The van der Waals surface area contributed by atoms with E-state index >= 15 is 0 Å². The standard InChI is InChI=1S/C56H37N3/c1-2-15-43(16-3-1)58-52-20-10-8-18-49(52)51-37-47(33-35-54(51)58)57(44-27-24-39(25-28-44)42-23-22-38-12-4-5-14-41(38)36-42)45-29-31-46(32-30-45)59-53-21-11-9-19-50(53)56-48-17-7-6-13-40(48)26-34-55(56)59/h1-37H. The van der Waals surface area contributed by atoms with Crippen molar-refractivity contribution in [1.82, 2.24) is 9.13 Å². The number of hydrogen-bond acceptors (Lipinski definition) is 1. The molecule has 0 radical (unpaired) electrons. The highest BCUT2D eigenvalue weighted by molar-refractivity contribution is 6.21. The van der Waals surface area contributed by atoms with Crippen molar-refractivity contribution in [2.45, 2.75) is 0 Å². The van der Waals surface area contributed by atoms with Crippen molar-refractivity contribution >= 4 is 82.2 Å². The summed E-state index contributed by atoms with van der Waals surface area (Å²) in [7, 11) is 0. The summed E-state index contributed by atoms with van der Waals surface area (Å²) in [5.74, 6) is 0. The van der Waals surface area contributed by atoms with Crippen molar-refractivity contribution in [2.75, 3.05) is 4.90 Å². The van der Waals surface area contributed by atoms with E-state index in [1.165, 1.54) is 76.3 Å². The summed E-state index contributed by atoms with van der Waals surface area (Å²) in [4.78, 5) is 2.39. The Morgan fingerprint density at radius 1 is 0.271 bits per heavy atom. The van der Waals surface area contributed by atoms with Crippen LogP contribution in [0.15, 0.2) is 224 Å². The minimum Gasteiger partial charge on any atom is -0.310 e. The molecule has 0 aliphatic rings. The van der Waals surface area contributed by atoms with Crippen molar-refractivity contribution in [3.8, 4) is 22.5 Å². The Balaban J connectivity index is 1.02. The summed E-state index contributed by atoms with van der Waals surface area (Å²) in [6.07, 6.45) is 0. The van der Waals surface area contributed by atoms with Gasteiger partial charge in [-0.3, -0.25) is 0 Å². The van der Waals surface area contributed by atoms with E-state index in [9.17, 15) is 0 Å². The Bertz CT molecular complexity index is 3540. The normalized spacial score (nSPS) is 11.7. The minimum absolute atomic E-state index is 1.09. The molecule has 3 nitrogen and oxygen atoms in total. The number of benzene rings is 10. The highest BCUT2D eigenvalue weighted by atomic mass is 15.1. The largest absolute Gasteiger partial charge is 0.310 e. The molecule has 0 aliphatic heterocycles. The summed E-state index contributed by atoms with van der Waals surface area (Å²) in [6.45, 7) is 0. The molecule has 276 valence electrons. The van der Waals surface area contributed by atoms with Crippen LogP contribution in [0.2, 0.25) is 0 Å². The molecule has 0 saturated carbocycles. The second kappa shape index (κ2) is 13.4. The molecule has 2 aromatic heterocycles. The van der Waals surface area contributed by atoms with Crippen LogP contribution in [-0.4, -0.2) is 9.13 Å². The number of hydrogen-bond donors (Lipinski definition) is 0. The Morgan fingerprint density at radius 2 is 0.780 bits per heavy atom. The van der Waals surface area contributed by atoms with E-state index in [0.717, 1.165) is 28.4 Å². The maximum absolute atomic E-state index is 2.41. The van der Waals surface area contributed by atoms with Crippen LogP contribution in [0.4, 0.5) is 17.1 Å². The molecular formula is C56H37N3. The lowest BCUT2D eigenvalue weighted by Crippen LogP contribution is -2.10. The zero-order valence-corrected chi connectivity index (χ0v) is 32.2. The summed E-state index contributed by atoms with van der Waals surface area (Å²) in [5, 5.41) is 10.0. The van der Waals surface area contributed by atoms with Gasteiger partial charge in [-0.2, -0.15) is 0 Å². The molecule has 0 bridgehead atoms. The molecule has 0 spiro atoms. The van der Waals surface area contributed by atoms with E-state index in [0.29, 0.717) is 0 Å². The summed E-state index contributed by atoms with van der Waals surface area (Å²) < 4.78 is 4.79. The molecule has 3 heteroatoms. The molecular weight excluding hydrogens is 715 g/mol. The van der Waals surface area contributed by atoms with Crippen LogP contribution in [0.5, 0.6) is 0 Å². The lowest BCUT2D eigenvalue weighted by molar-refractivity contribution is 1.17. The molecule has 0 unspecified atom stereocenters. The number of para-hydroxylation sites is 3. The second-order valence-corrected chi connectivity index (χ2v) is 15.4. The van der Waals surface area contributed by atoms with Crippen molar-refractivity contribution in [3.63, 3.8) is 0 Å². The number of aromatic nitrogens is 2. The predicted molar refractivity (Wildman–Crippen MR) is 250 cm³/mol. The second-order valence-electron chi connectivity index (χ2n) is 15.4. The maximum Gasteiger partial charge on any atom is 0.0547 e. The van der Waals surface area contributed by atoms with Gasteiger partial charge in [0.15, 0.2) is 0 Å². The highest BCUT2D eigenvalue weighted by Gasteiger charge is 2.19. The molecule has 59 heavy (non-hydrogen) atoms. The highest BCUT2D eigenvalue weighted by Crippen LogP contribution is 2.42. The molecule has 0 amide bonds. The number of rotatable bonds is 6. The van der Waals surface area contributed by atoms with Gasteiger partial charge in [0.2, 0.25) is 0 Å². The number of fused-ring (bicyclic) bond motifs is 9. The smallest absolute Gasteiger partial charge is 0.0547 e. The maximum atomic E-state index is 2.41. The van der Waals surface area contributed by atoms with E-state index in [2.05, 4.69) is 238 Å². The lowest BCUT2D eigenvalue weighted by atomic mass is 10.0. The predicted octanol–water partition coefficient (Wildman–Crippen LogP) is 15.3. The zero-order valence-electron chi connectivity index (χ0n) is 32.2. The molecule has 0 aliphatic carbocycles. The Morgan fingerprint density at radius 3 is 1.56 bits per heavy atom. The van der Waals surface area contributed by atoms with E-state index < -0.39 is 0 Å². The average molecular weight is 752 g/mol. The van der Waals surface area contributed by atoms with Gasteiger partial charge < -0.3 is 14.0 Å². The monoisotopic (exact) mass is 751 g/mol. The van der Waals surface area contributed by atoms with Gasteiger partial charge in [0, 0.05) is 50.0 Å². The number of anilines is 3. The number of nitrogens with zero attached hydrogens (tertiary/aromatic N) is 3. The Labute approximate surface area is 341 Å². The molecule has 10 aromatic carbocycles. The van der Waals surface area contributed by atoms with Crippen LogP contribution in [0.3, 0.4) is 0 Å². The van der Waals surface area contributed by atoms with Gasteiger partial charge in [-0.15, -0.1) is 0 Å². The molecule has 0 fully saturated rings. The minimum atomic E-state index is 1.09. The third-order valence-corrected chi connectivity index (χ3v) is 12.1. The average Bonchev–Trinajstić information content (AvgIpc) is 3.83. The fourth-order valence-corrected chi connectivity index (χ4v) is 9.34. The van der Waals surface area contributed by atoms with Gasteiger partial charge in [0.05, 0.1) is 22.1 Å². The van der Waals surface area contributed by atoms with Crippen molar-refractivity contribution < 1.29 is 0 Å². The summed E-state index contributed by atoms with van der Waals surface area (Å²) in [6, 6.07) is 81.7. The third kappa shape index (κ3) is 5.36. The SMILES string of the molecule is c1ccc(-n2c3ccccc3c3cc(N(c4ccc(-c5ccc6ccccc6c5)cc4)c4ccc(-n5c6ccccc6c6c7ccccc7ccc65)cc4)ccc32)cc1. The Hall–Kier alpha value is -7.88. The first kappa shape index (κ1) is 33.3. The fourth-order valence-electron chi connectivity index (χ4n) is 9.34. The van der Waals surface area contributed by atoms with Crippen molar-refractivity contribution in [2.24, 2.45) is 0 Å². The molecule has 2 heterocycles. The quantitative estimate of drug-likeness (QED) is 0.165.